The predicted molar refractivity (Wildman–Crippen MR) is 69.2 cm³/mol. The Bertz CT molecular complexity index is 516. The standard InChI is InChI=1S/C13H16F3N3O/c1-8-12(20)18-4-5-19(8)11-3-2-10(13(14,15)16)6-9(11)7-17/h2-3,6,8H,4-5,7,17H2,1H3,(H,18,20). The van der Waals surface area contributed by atoms with Crippen LogP contribution in [0.25, 0.3) is 0 Å². The molecule has 1 saturated heterocycles. The number of halogens is 3. The number of piperazine rings is 1. The number of nitrogens with two attached hydrogens (primary N) is 1. The minimum absolute atomic E-state index is 0.00983. The van der Waals surface area contributed by atoms with E-state index in [9.17, 15) is 18.0 Å². The zero-order valence-electron chi connectivity index (χ0n) is 11.0. The van der Waals surface area contributed by atoms with Crippen LogP contribution in [0, 0.1) is 0 Å². The quantitative estimate of drug-likeness (QED) is 0.866. The summed E-state index contributed by atoms with van der Waals surface area (Å²) in [4.78, 5) is 13.4. The van der Waals surface area contributed by atoms with Crippen molar-refractivity contribution in [1.82, 2.24) is 5.32 Å². The summed E-state index contributed by atoms with van der Waals surface area (Å²) in [6.45, 7) is 2.72. The van der Waals surface area contributed by atoms with Crippen LogP contribution in [0.1, 0.15) is 18.1 Å². The minimum Gasteiger partial charge on any atom is -0.358 e. The second kappa shape index (κ2) is 5.32. The molecule has 1 aromatic carbocycles. The molecule has 1 amide bonds. The molecule has 0 aromatic heterocycles. The fourth-order valence-corrected chi connectivity index (χ4v) is 2.32. The molecular weight excluding hydrogens is 271 g/mol. The van der Waals surface area contributed by atoms with E-state index in [0.29, 0.717) is 24.3 Å². The van der Waals surface area contributed by atoms with Gasteiger partial charge in [0, 0.05) is 25.3 Å². The van der Waals surface area contributed by atoms with Crippen molar-refractivity contribution >= 4 is 11.6 Å². The van der Waals surface area contributed by atoms with Crippen LogP contribution in [-0.2, 0) is 17.5 Å². The van der Waals surface area contributed by atoms with Crippen molar-refractivity contribution < 1.29 is 18.0 Å². The molecule has 4 nitrogen and oxygen atoms in total. The fourth-order valence-electron chi connectivity index (χ4n) is 2.32. The van der Waals surface area contributed by atoms with E-state index in [-0.39, 0.29) is 12.5 Å². The number of hydrogen-bond acceptors (Lipinski definition) is 3. The van der Waals surface area contributed by atoms with Crippen LogP contribution >= 0.6 is 0 Å². The first-order chi connectivity index (χ1) is 9.34. The maximum Gasteiger partial charge on any atom is 0.416 e. The van der Waals surface area contributed by atoms with E-state index < -0.39 is 17.8 Å². The van der Waals surface area contributed by atoms with Gasteiger partial charge in [-0.15, -0.1) is 0 Å². The molecule has 7 heteroatoms. The molecule has 0 bridgehead atoms. The van der Waals surface area contributed by atoms with Gasteiger partial charge in [-0.3, -0.25) is 4.79 Å². The molecule has 110 valence electrons. The van der Waals surface area contributed by atoms with Crippen LogP contribution in [-0.4, -0.2) is 25.0 Å². The van der Waals surface area contributed by atoms with E-state index in [0.717, 1.165) is 12.1 Å². The first kappa shape index (κ1) is 14.6. The lowest BCUT2D eigenvalue weighted by Gasteiger charge is -2.36. The molecule has 1 unspecified atom stereocenters. The smallest absolute Gasteiger partial charge is 0.358 e. The molecule has 0 saturated carbocycles. The molecule has 3 N–H and O–H groups in total. The van der Waals surface area contributed by atoms with E-state index in [4.69, 9.17) is 5.73 Å². The van der Waals surface area contributed by atoms with Crippen molar-refractivity contribution in [3.05, 3.63) is 29.3 Å². The number of alkyl halides is 3. The maximum absolute atomic E-state index is 12.7. The third-order valence-corrected chi connectivity index (χ3v) is 3.44. The highest BCUT2D eigenvalue weighted by Gasteiger charge is 2.32. The lowest BCUT2D eigenvalue weighted by Crippen LogP contribution is -2.54. The summed E-state index contributed by atoms with van der Waals surface area (Å²) in [5.74, 6) is -0.140. The second-order valence-electron chi connectivity index (χ2n) is 4.71. The van der Waals surface area contributed by atoms with Crippen molar-refractivity contribution in [2.24, 2.45) is 5.73 Å². The molecule has 20 heavy (non-hydrogen) atoms. The highest BCUT2D eigenvalue weighted by Crippen LogP contribution is 2.33. The number of rotatable bonds is 2. The number of carbonyl (C=O) groups excluding carboxylic acids is 1. The van der Waals surface area contributed by atoms with E-state index in [1.165, 1.54) is 6.07 Å². The first-order valence-corrected chi connectivity index (χ1v) is 6.29. The van der Waals surface area contributed by atoms with Gasteiger partial charge in [0.05, 0.1) is 5.56 Å². The van der Waals surface area contributed by atoms with Gasteiger partial charge >= 0.3 is 6.18 Å². The lowest BCUT2D eigenvalue weighted by atomic mass is 10.0. The summed E-state index contributed by atoms with van der Waals surface area (Å²) in [5, 5.41) is 2.71. The first-order valence-electron chi connectivity index (χ1n) is 6.29. The zero-order valence-corrected chi connectivity index (χ0v) is 11.0. The van der Waals surface area contributed by atoms with E-state index in [2.05, 4.69) is 5.32 Å². The number of nitrogens with one attached hydrogen (secondary N) is 1. The number of hydrogen-bond donors (Lipinski definition) is 2. The number of benzene rings is 1. The molecule has 1 fully saturated rings. The van der Waals surface area contributed by atoms with E-state index >= 15 is 0 Å². The van der Waals surface area contributed by atoms with Gasteiger partial charge in [0.15, 0.2) is 0 Å². The van der Waals surface area contributed by atoms with Crippen molar-refractivity contribution in [2.75, 3.05) is 18.0 Å². The fraction of sp³-hybridized carbons (Fsp3) is 0.462. The molecule has 0 radical (unpaired) electrons. The summed E-state index contributed by atoms with van der Waals surface area (Å²) < 4.78 is 38.1. The second-order valence-corrected chi connectivity index (χ2v) is 4.71. The van der Waals surface area contributed by atoms with E-state index in [1.807, 2.05) is 0 Å². The molecule has 1 atom stereocenters. The third kappa shape index (κ3) is 2.72. The van der Waals surface area contributed by atoms with Gasteiger partial charge in [-0.1, -0.05) is 0 Å². The minimum atomic E-state index is -4.40. The highest BCUT2D eigenvalue weighted by molar-refractivity contribution is 5.86. The van der Waals surface area contributed by atoms with Crippen molar-refractivity contribution in [1.29, 1.82) is 0 Å². The van der Waals surface area contributed by atoms with Gasteiger partial charge in [-0.2, -0.15) is 13.2 Å². The van der Waals surface area contributed by atoms with Gasteiger partial charge in [-0.25, -0.2) is 0 Å². The van der Waals surface area contributed by atoms with Crippen molar-refractivity contribution in [3.63, 3.8) is 0 Å². The van der Waals surface area contributed by atoms with Crippen LogP contribution in [0.4, 0.5) is 18.9 Å². The molecular formula is C13H16F3N3O. The van der Waals surface area contributed by atoms with Gasteiger partial charge < -0.3 is 16.0 Å². The molecule has 1 aliphatic heterocycles. The Hall–Kier alpha value is -1.76. The topological polar surface area (TPSA) is 58.4 Å². The summed E-state index contributed by atoms with van der Waals surface area (Å²) in [6, 6.07) is 3.04. The Kier molecular flexibility index (Phi) is 3.89. The average molecular weight is 287 g/mol. The van der Waals surface area contributed by atoms with Crippen LogP contribution in [0.5, 0.6) is 0 Å². The van der Waals surface area contributed by atoms with Gasteiger partial charge in [0.2, 0.25) is 5.91 Å². The van der Waals surface area contributed by atoms with E-state index in [1.54, 1.807) is 11.8 Å². The number of amides is 1. The van der Waals surface area contributed by atoms with Crippen molar-refractivity contribution in [2.45, 2.75) is 25.7 Å². The Balaban J connectivity index is 2.39. The Labute approximate surface area is 114 Å². The van der Waals surface area contributed by atoms with Crippen LogP contribution in [0.2, 0.25) is 0 Å². The molecule has 2 rings (SSSR count). The monoisotopic (exact) mass is 287 g/mol. The average Bonchev–Trinajstić information content (AvgIpc) is 2.40. The van der Waals surface area contributed by atoms with Gasteiger partial charge in [-0.05, 0) is 30.7 Å². The third-order valence-electron chi connectivity index (χ3n) is 3.44. The lowest BCUT2D eigenvalue weighted by molar-refractivity contribution is -0.137. The largest absolute Gasteiger partial charge is 0.416 e. The molecule has 1 aliphatic rings. The van der Waals surface area contributed by atoms with Crippen molar-refractivity contribution in [3.8, 4) is 0 Å². The highest BCUT2D eigenvalue weighted by atomic mass is 19.4. The SMILES string of the molecule is CC1C(=O)NCCN1c1ccc(C(F)(F)F)cc1CN. The van der Waals surface area contributed by atoms with Crippen LogP contribution in [0.15, 0.2) is 18.2 Å². The summed E-state index contributed by atoms with van der Waals surface area (Å²) in [7, 11) is 0. The zero-order chi connectivity index (χ0) is 14.9. The predicted octanol–water partition coefficient (Wildman–Crippen LogP) is 1.49. The molecule has 0 spiro atoms. The number of carbonyl (C=O) groups is 1. The Morgan fingerprint density at radius 2 is 2.15 bits per heavy atom. The Morgan fingerprint density at radius 1 is 1.45 bits per heavy atom. The summed E-state index contributed by atoms with van der Waals surface area (Å²) in [6.07, 6.45) is -4.40. The number of nitrogens with zero attached hydrogens (tertiary/aromatic N) is 1. The van der Waals surface area contributed by atoms with Gasteiger partial charge in [0.1, 0.15) is 6.04 Å². The molecule has 1 aromatic rings. The normalized spacial score (nSPS) is 19.9. The molecule has 1 heterocycles. The van der Waals surface area contributed by atoms with Gasteiger partial charge in [0.25, 0.3) is 0 Å². The summed E-state index contributed by atoms with van der Waals surface area (Å²) in [5.41, 5.74) is 5.81. The van der Waals surface area contributed by atoms with Crippen LogP contribution < -0.4 is 16.0 Å². The maximum atomic E-state index is 12.7. The molecule has 0 aliphatic carbocycles. The van der Waals surface area contributed by atoms with Crippen LogP contribution in [0.3, 0.4) is 0 Å². The summed E-state index contributed by atoms with van der Waals surface area (Å²) >= 11 is 0. The Morgan fingerprint density at radius 3 is 2.75 bits per heavy atom. The number of anilines is 1.